The van der Waals surface area contributed by atoms with Crippen molar-refractivity contribution in [3.05, 3.63) is 28.8 Å². The number of rotatable bonds is 3. The lowest BCUT2D eigenvalue weighted by Gasteiger charge is -2.40. The molecule has 1 aliphatic rings. The summed E-state index contributed by atoms with van der Waals surface area (Å²) in [5.41, 5.74) is 8.72. The maximum Gasteiger partial charge on any atom is 0.0412 e. The average molecular weight is 281 g/mol. The Morgan fingerprint density at radius 2 is 1.95 bits per heavy atom. The summed E-state index contributed by atoms with van der Waals surface area (Å²) in [4.78, 5) is 2.40. The van der Waals surface area contributed by atoms with E-state index in [1.54, 1.807) is 0 Å². The fourth-order valence-corrected chi connectivity index (χ4v) is 3.22. The maximum absolute atomic E-state index is 6.05. The summed E-state index contributed by atoms with van der Waals surface area (Å²) in [6.07, 6.45) is 5.12. The second-order valence-electron chi connectivity index (χ2n) is 6.48. The summed E-state index contributed by atoms with van der Waals surface area (Å²) in [7, 11) is 2.19. The van der Waals surface area contributed by atoms with Crippen LogP contribution in [0.4, 0.5) is 5.69 Å². The number of nitrogens with two attached hydrogens (primary N) is 1. The predicted octanol–water partition coefficient (Wildman–Crippen LogP) is 4.20. The molecule has 0 aliphatic heterocycles. The van der Waals surface area contributed by atoms with Crippen LogP contribution in [-0.2, 0) is 6.54 Å². The lowest BCUT2D eigenvalue weighted by atomic mass is 9.75. The van der Waals surface area contributed by atoms with Crippen molar-refractivity contribution in [2.75, 3.05) is 11.9 Å². The predicted molar refractivity (Wildman–Crippen MR) is 83.8 cm³/mol. The first-order chi connectivity index (χ1) is 8.93. The van der Waals surface area contributed by atoms with E-state index in [9.17, 15) is 0 Å². The standard InChI is InChI=1S/C16H25ClN2/c1-16(2)8-6-14(7-9-16)19(3)15-5-4-13(17)10-12(15)11-18/h4-5,10,14H,6-9,11,18H2,1-3H3. The van der Waals surface area contributed by atoms with Gasteiger partial charge in [0.1, 0.15) is 0 Å². The number of benzene rings is 1. The lowest BCUT2D eigenvalue weighted by molar-refractivity contribution is 0.222. The van der Waals surface area contributed by atoms with Gasteiger partial charge in [-0.3, -0.25) is 0 Å². The lowest BCUT2D eigenvalue weighted by Crippen LogP contribution is -2.37. The largest absolute Gasteiger partial charge is 0.371 e. The fourth-order valence-electron chi connectivity index (χ4n) is 3.03. The van der Waals surface area contributed by atoms with Crippen LogP contribution in [0, 0.1) is 5.41 Å². The Kier molecular flexibility index (Phi) is 4.42. The zero-order chi connectivity index (χ0) is 14.0. The number of halogens is 1. The van der Waals surface area contributed by atoms with Crippen LogP contribution in [0.5, 0.6) is 0 Å². The number of anilines is 1. The van der Waals surface area contributed by atoms with E-state index >= 15 is 0 Å². The van der Waals surface area contributed by atoms with Crippen molar-refractivity contribution < 1.29 is 0 Å². The van der Waals surface area contributed by atoms with Crippen molar-refractivity contribution in [2.45, 2.75) is 52.1 Å². The first kappa shape index (κ1) is 14.7. The highest BCUT2D eigenvalue weighted by Crippen LogP contribution is 2.38. The van der Waals surface area contributed by atoms with Gasteiger partial charge in [-0.05, 0) is 54.9 Å². The van der Waals surface area contributed by atoms with Gasteiger partial charge in [0.05, 0.1) is 0 Å². The van der Waals surface area contributed by atoms with Crippen molar-refractivity contribution in [1.82, 2.24) is 0 Å². The van der Waals surface area contributed by atoms with Crippen LogP contribution in [0.25, 0.3) is 0 Å². The molecule has 1 aromatic carbocycles. The molecule has 106 valence electrons. The Labute approximate surface area is 121 Å². The van der Waals surface area contributed by atoms with E-state index in [0.717, 1.165) is 10.6 Å². The molecule has 0 atom stereocenters. The summed E-state index contributed by atoms with van der Waals surface area (Å²) in [6.45, 7) is 5.28. The summed E-state index contributed by atoms with van der Waals surface area (Å²) in [6, 6.07) is 6.67. The molecule has 0 radical (unpaired) electrons. The van der Waals surface area contributed by atoms with E-state index in [2.05, 4.69) is 31.9 Å². The molecule has 0 bridgehead atoms. The summed E-state index contributed by atoms with van der Waals surface area (Å²) in [5, 5.41) is 0.766. The third-order valence-corrected chi connectivity index (χ3v) is 4.73. The van der Waals surface area contributed by atoms with Gasteiger partial charge in [-0.2, -0.15) is 0 Å². The minimum atomic E-state index is 0.508. The van der Waals surface area contributed by atoms with Crippen LogP contribution < -0.4 is 10.6 Å². The normalized spacial score (nSPS) is 19.4. The third-order valence-electron chi connectivity index (χ3n) is 4.50. The van der Waals surface area contributed by atoms with E-state index in [-0.39, 0.29) is 0 Å². The van der Waals surface area contributed by atoms with Crippen molar-refractivity contribution in [3.8, 4) is 0 Å². The topological polar surface area (TPSA) is 29.3 Å². The van der Waals surface area contributed by atoms with Crippen LogP contribution in [-0.4, -0.2) is 13.1 Å². The van der Waals surface area contributed by atoms with Gasteiger partial charge in [0.2, 0.25) is 0 Å². The smallest absolute Gasteiger partial charge is 0.0412 e. The van der Waals surface area contributed by atoms with Crippen molar-refractivity contribution in [2.24, 2.45) is 11.1 Å². The highest BCUT2D eigenvalue weighted by molar-refractivity contribution is 6.30. The molecular weight excluding hydrogens is 256 g/mol. The van der Waals surface area contributed by atoms with Gasteiger partial charge in [-0.15, -0.1) is 0 Å². The molecule has 19 heavy (non-hydrogen) atoms. The van der Waals surface area contributed by atoms with E-state index in [1.807, 2.05) is 12.1 Å². The molecule has 1 saturated carbocycles. The highest BCUT2D eigenvalue weighted by Gasteiger charge is 2.29. The van der Waals surface area contributed by atoms with Crippen LogP contribution >= 0.6 is 11.6 Å². The van der Waals surface area contributed by atoms with Gasteiger partial charge in [-0.25, -0.2) is 0 Å². The molecule has 2 N–H and O–H groups in total. The maximum atomic E-state index is 6.05. The first-order valence-corrected chi connectivity index (χ1v) is 7.52. The monoisotopic (exact) mass is 280 g/mol. The van der Waals surface area contributed by atoms with Crippen LogP contribution in [0.1, 0.15) is 45.1 Å². The molecule has 2 rings (SSSR count). The minimum Gasteiger partial charge on any atom is -0.371 e. The van der Waals surface area contributed by atoms with Gasteiger partial charge in [-0.1, -0.05) is 25.4 Å². The van der Waals surface area contributed by atoms with Gasteiger partial charge >= 0.3 is 0 Å². The average Bonchev–Trinajstić information content (AvgIpc) is 2.37. The zero-order valence-electron chi connectivity index (χ0n) is 12.2. The second-order valence-corrected chi connectivity index (χ2v) is 6.92. The van der Waals surface area contributed by atoms with Crippen molar-refractivity contribution in [3.63, 3.8) is 0 Å². The van der Waals surface area contributed by atoms with Gasteiger partial charge < -0.3 is 10.6 Å². The molecule has 3 heteroatoms. The molecule has 0 amide bonds. The Morgan fingerprint density at radius 1 is 1.32 bits per heavy atom. The second kappa shape index (κ2) is 5.72. The van der Waals surface area contributed by atoms with Crippen LogP contribution in [0.3, 0.4) is 0 Å². The molecule has 1 aromatic rings. The molecule has 2 nitrogen and oxygen atoms in total. The Hall–Kier alpha value is -0.730. The zero-order valence-corrected chi connectivity index (χ0v) is 13.0. The Morgan fingerprint density at radius 3 is 2.53 bits per heavy atom. The molecule has 1 aliphatic carbocycles. The quantitative estimate of drug-likeness (QED) is 0.899. The SMILES string of the molecule is CN(c1ccc(Cl)cc1CN)C1CCC(C)(C)CC1. The first-order valence-electron chi connectivity index (χ1n) is 7.14. The highest BCUT2D eigenvalue weighted by atomic mass is 35.5. The summed E-state index contributed by atoms with van der Waals surface area (Å²) < 4.78 is 0. The number of nitrogens with zero attached hydrogens (tertiary/aromatic N) is 1. The summed E-state index contributed by atoms with van der Waals surface area (Å²) in [5.74, 6) is 0. The number of hydrogen-bond acceptors (Lipinski definition) is 2. The summed E-state index contributed by atoms with van der Waals surface area (Å²) >= 11 is 6.05. The Bertz CT molecular complexity index is 432. The number of hydrogen-bond donors (Lipinski definition) is 1. The van der Waals surface area contributed by atoms with Crippen molar-refractivity contribution in [1.29, 1.82) is 0 Å². The molecule has 0 spiro atoms. The van der Waals surface area contributed by atoms with Crippen LogP contribution in [0.15, 0.2) is 18.2 Å². The van der Waals surface area contributed by atoms with E-state index in [4.69, 9.17) is 17.3 Å². The molecule has 0 unspecified atom stereocenters. The molecule has 0 heterocycles. The Balaban J connectivity index is 2.14. The molecular formula is C16H25ClN2. The van der Waals surface area contributed by atoms with Gasteiger partial charge in [0.15, 0.2) is 0 Å². The van der Waals surface area contributed by atoms with Gasteiger partial charge in [0, 0.05) is 30.3 Å². The molecule has 1 fully saturated rings. The molecule has 0 aromatic heterocycles. The van der Waals surface area contributed by atoms with Crippen molar-refractivity contribution >= 4 is 17.3 Å². The van der Waals surface area contributed by atoms with E-state index in [1.165, 1.54) is 31.4 Å². The van der Waals surface area contributed by atoms with E-state index in [0.29, 0.717) is 18.0 Å². The minimum absolute atomic E-state index is 0.508. The third kappa shape index (κ3) is 3.43. The fraction of sp³-hybridized carbons (Fsp3) is 0.625. The molecule has 0 saturated heterocycles. The van der Waals surface area contributed by atoms with Gasteiger partial charge in [0.25, 0.3) is 0 Å². The van der Waals surface area contributed by atoms with E-state index < -0.39 is 0 Å². The van der Waals surface area contributed by atoms with Crippen LogP contribution in [0.2, 0.25) is 5.02 Å².